The molecule has 0 atom stereocenters. The van der Waals surface area contributed by atoms with Crippen molar-refractivity contribution in [1.82, 2.24) is 0 Å². The normalized spacial score (nSPS) is 10.8. The second kappa shape index (κ2) is 6.96. The quantitative estimate of drug-likeness (QED) is 0.690. The van der Waals surface area contributed by atoms with E-state index in [2.05, 4.69) is 0 Å². The van der Waals surface area contributed by atoms with Gasteiger partial charge in [-0.25, -0.2) is 0 Å². The van der Waals surface area contributed by atoms with Gasteiger partial charge in [0, 0.05) is 0 Å². The molecule has 0 aliphatic carbocycles. The molecule has 0 fully saturated rings. The second-order valence-electron chi connectivity index (χ2n) is 4.39. The average molecular weight is 328 g/mol. The summed E-state index contributed by atoms with van der Waals surface area (Å²) < 4.78 is 4.90. The summed E-state index contributed by atoms with van der Waals surface area (Å²) in [5.74, 6) is -0.323. The number of carbonyl (C=O) groups is 1. The predicted molar refractivity (Wildman–Crippen MR) is 85.4 cm³/mol. The van der Waals surface area contributed by atoms with Crippen molar-refractivity contribution >= 4 is 34.6 Å². The Morgan fingerprint density at radius 3 is 2.60 bits per heavy atom. The van der Waals surface area contributed by atoms with Gasteiger partial charge in [-0.05, 0) is 0 Å². The molecule has 4 heteroatoms. The maximum absolute atomic E-state index is 11.6. The van der Waals surface area contributed by atoms with Gasteiger partial charge in [0.25, 0.3) is 0 Å². The minimum absolute atomic E-state index is 0.0275. The molecule has 0 spiro atoms. The molecule has 0 heterocycles. The Bertz CT molecular complexity index is 624. The topological polar surface area (TPSA) is 52.3 Å². The van der Waals surface area contributed by atoms with E-state index >= 15 is 0 Å². The molecule has 0 aromatic heterocycles. The van der Waals surface area contributed by atoms with E-state index in [1.54, 1.807) is 6.07 Å². The summed E-state index contributed by atoms with van der Waals surface area (Å²) in [5.41, 5.74) is 9.08. The summed E-state index contributed by atoms with van der Waals surface area (Å²) in [6.45, 7) is 0. The van der Waals surface area contributed by atoms with Gasteiger partial charge in [0.05, 0.1) is 0 Å². The Morgan fingerprint density at radius 1 is 1.15 bits per heavy atom. The van der Waals surface area contributed by atoms with Crippen LogP contribution in [-0.2, 0) is 10.2 Å². The molecular formula is C16H17GeNO2. The van der Waals surface area contributed by atoms with Gasteiger partial charge in [0.1, 0.15) is 0 Å². The first-order valence-corrected chi connectivity index (χ1v) is 8.11. The van der Waals surface area contributed by atoms with Crippen LogP contribution in [-0.4, -0.2) is 22.8 Å². The molecule has 0 amide bonds. The van der Waals surface area contributed by atoms with Crippen LogP contribution in [0.15, 0.2) is 54.6 Å². The Balaban J connectivity index is 2.14. The Labute approximate surface area is 127 Å². The fourth-order valence-electron chi connectivity index (χ4n) is 1.97. The molecular weight excluding hydrogens is 311 g/mol. The number of nitrogen functional groups attached to an aromatic ring is 1. The molecule has 3 nitrogen and oxygen atoms in total. The minimum atomic E-state index is -0.323. The first-order chi connectivity index (χ1) is 9.72. The zero-order valence-corrected chi connectivity index (χ0v) is 15.6. The van der Waals surface area contributed by atoms with Crippen LogP contribution in [0.25, 0.3) is 6.08 Å². The number of nitrogens with two attached hydrogens (primary N) is 1. The van der Waals surface area contributed by atoms with Crippen LogP contribution < -0.4 is 5.73 Å². The first-order valence-electron chi connectivity index (χ1n) is 6.39. The van der Waals surface area contributed by atoms with E-state index in [1.165, 1.54) is 0 Å². The zero-order chi connectivity index (χ0) is 14.4. The third kappa shape index (κ3) is 3.51. The van der Waals surface area contributed by atoms with Crippen molar-refractivity contribution in [3.8, 4) is 0 Å². The molecule has 0 radical (unpaired) electrons. The van der Waals surface area contributed by atoms with Crippen molar-refractivity contribution in [2.75, 3.05) is 5.73 Å². The summed E-state index contributed by atoms with van der Waals surface area (Å²) in [5, 5.41) is 0. The second-order valence-corrected chi connectivity index (χ2v) is 5.24. The number of carbonyl (C=O) groups excluding carboxylic acids is 1. The average Bonchev–Trinajstić information content (AvgIpc) is 2.49. The first kappa shape index (κ1) is 14.4. The standard InChI is InChI=1S/C16H17GeNO2/c17-20-16(19)14-11-5-10-13(15(14)18)9-4-8-12-6-2-1-3-7-12/h1-8,10-11H,9,18H2,17H3. The van der Waals surface area contributed by atoms with Crippen LogP contribution >= 0.6 is 0 Å². The van der Waals surface area contributed by atoms with Crippen molar-refractivity contribution < 1.29 is 8.56 Å². The van der Waals surface area contributed by atoms with Crippen LogP contribution in [0.5, 0.6) is 0 Å². The number of benzene rings is 2. The van der Waals surface area contributed by atoms with Crippen LogP contribution in [0.4, 0.5) is 5.69 Å². The van der Waals surface area contributed by atoms with Crippen molar-refractivity contribution in [3.63, 3.8) is 0 Å². The van der Waals surface area contributed by atoms with Crippen molar-refractivity contribution in [2.24, 2.45) is 0 Å². The van der Waals surface area contributed by atoms with Gasteiger partial charge in [-0.3, -0.25) is 0 Å². The van der Waals surface area contributed by atoms with E-state index in [1.807, 2.05) is 54.6 Å². The molecule has 0 bridgehead atoms. The number of allylic oxidation sites excluding steroid dienone is 1. The third-order valence-electron chi connectivity index (χ3n) is 3.05. The van der Waals surface area contributed by atoms with E-state index in [-0.39, 0.29) is 22.8 Å². The molecule has 2 rings (SSSR count). The Kier molecular flexibility index (Phi) is 5.01. The van der Waals surface area contributed by atoms with E-state index in [0.29, 0.717) is 17.7 Å². The molecule has 0 aliphatic heterocycles. The molecule has 0 aliphatic rings. The van der Waals surface area contributed by atoms with Gasteiger partial charge in [-0.1, -0.05) is 0 Å². The molecule has 2 aromatic carbocycles. The summed E-state index contributed by atoms with van der Waals surface area (Å²) in [4.78, 5) is 11.6. The van der Waals surface area contributed by atoms with E-state index < -0.39 is 0 Å². The molecule has 0 saturated carbocycles. The summed E-state index contributed by atoms with van der Waals surface area (Å²) >= 11 is 0.0275. The number of anilines is 1. The van der Waals surface area contributed by atoms with Gasteiger partial charge >= 0.3 is 127 Å². The molecule has 0 saturated heterocycles. The third-order valence-corrected chi connectivity index (χ3v) is 3.83. The maximum atomic E-state index is 11.6. The number of hydrogen-bond acceptors (Lipinski definition) is 3. The zero-order valence-electron chi connectivity index (χ0n) is 11.4. The molecule has 0 unspecified atom stereocenters. The Morgan fingerprint density at radius 2 is 1.90 bits per heavy atom. The van der Waals surface area contributed by atoms with Crippen molar-refractivity contribution in [2.45, 2.75) is 6.42 Å². The van der Waals surface area contributed by atoms with Crippen LogP contribution in [0, 0.1) is 0 Å². The van der Waals surface area contributed by atoms with Gasteiger partial charge < -0.3 is 0 Å². The Hall–Kier alpha value is -2.01. The molecule has 20 heavy (non-hydrogen) atoms. The predicted octanol–water partition coefficient (Wildman–Crippen LogP) is 1.96. The van der Waals surface area contributed by atoms with E-state index in [0.717, 1.165) is 11.1 Å². The van der Waals surface area contributed by atoms with E-state index in [4.69, 9.17) is 9.50 Å². The van der Waals surface area contributed by atoms with Crippen LogP contribution in [0.1, 0.15) is 21.5 Å². The van der Waals surface area contributed by atoms with Crippen molar-refractivity contribution in [3.05, 3.63) is 71.3 Å². The van der Waals surface area contributed by atoms with Gasteiger partial charge in [0.2, 0.25) is 0 Å². The summed E-state index contributed by atoms with van der Waals surface area (Å²) in [6.07, 6.45) is 4.77. The number of para-hydroxylation sites is 1. The fourth-order valence-corrected chi connectivity index (χ4v) is 2.43. The summed E-state index contributed by atoms with van der Waals surface area (Å²) in [6, 6.07) is 15.5. The molecule has 102 valence electrons. The van der Waals surface area contributed by atoms with Gasteiger partial charge in [-0.15, -0.1) is 0 Å². The van der Waals surface area contributed by atoms with Crippen LogP contribution in [0.2, 0.25) is 0 Å². The molecule has 2 aromatic rings. The number of hydrogen-bond donors (Lipinski definition) is 1. The van der Waals surface area contributed by atoms with Crippen molar-refractivity contribution in [1.29, 1.82) is 0 Å². The molecule has 2 N–H and O–H groups in total. The number of rotatable bonds is 4. The van der Waals surface area contributed by atoms with E-state index in [9.17, 15) is 4.79 Å². The van der Waals surface area contributed by atoms with Gasteiger partial charge in [-0.2, -0.15) is 0 Å². The monoisotopic (exact) mass is 329 g/mol. The van der Waals surface area contributed by atoms with Crippen LogP contribution in [0.3, 0.4) is 0 Å². The SMILES string of the molecule is Nc1c(CC=Cc2ccccc2)cccc1C(=O)[O][GeH3]. The van der Waals surface area contributed by atoms with Gasteiger partial charge in [0.15, 0.2) is 0 Å². The summed E-state index contributed by atoms with van der Waals surface area (Å²) in [7, 11) is 0. The fraction of sp³-hybridized carbons (Fsp3) is 0.0625.